The molecule has 0 N–H and O–H groups in total. The van der Waals surface area contributed by atoms with Crippen LogP contribution in [0.3, 0.4) is 0 Å². The molecule has 2 nitrogen and oxygen atoms in total. The number of aryl methyl sites for hydroxylation is 1. The first-order valence-electron chi connectivity index (χ1n) is 9.83. The lowest BCUT2D eigenvalue weighted by atomic mass is 10.0. The highest BCUT2D eigenvalue weighted by Gasteiger charge is 2.09. The third-order valence-electron chi connectivity index (χ3n) is 4.75. The summed E-state index contributed by atoms with van der Waals surface area (Å²) in [4.78, 5) is 12.3. The van der Waals surface area contributed by atoms with E-state index in [1.54, 1.807) is 36.4 Å². The number of benzene rings is 3. The molecule has 0 aromatic heterocycles. The Balaban J connectivity index is 1.60. The SMILES string of the molecule is CCCCCCc1ccc(-c2ccc(C(=O)Oc3ccc(Cl)cc3)cc2)cc1. The molecule has 0 saturated carbocycles. The number of halogens is 1. The van der Waals surface area contributed by atoms with Crippen molar-refractivity contribution in [3.05, 3.63) is 88.9 Å². The second-order valence-electron chi connectivity index (χ2n) is 6.93. The fraction of sp³-hybridized carbons (Fsp3) is 0.240. The third-order valence-corrected chi connectivity index (χ3v) is 5.00. The number of hydrogen-bond acceptors (Lipinski definition) is 2. The second kappa shape index (κ2) is 10.1. The van der Waals surface area contributed by atoms with Gasteiger partial charge in [0.2, 0.25) is 0 Å². The van der Waals surface area contributed by atoms with Gasteiger partial charge in [-0.05, 0) is 65.9 Å². The summed E-state index contributed by atoms with van der Waals surface area (Å²) in [5.74, 6) is 0.101. The molecule has 28 heavy (non-hydrogen) atoms. The normalized spacial score (nSPS) is 10.6. The average molecular weight is 393 g/mol. The molecular formula is C25H25ClO2. The topological polar surface area (TPSA) is 26.3 Å². The van der Waals surface area contributed by atoms with Gasteiger partial charge in [0, 0.05) is 5.02 Å². The van der Waals surface area contributed by atoms with Crippen molar-refractivity contribution in [1.29, 1.82) is 0 Å². The second-order valence-corrected chi connectivity index (χ2v) is 7.36. The Morgan fingerprint density at radius 2 is 1.39 bits per heavy atom. The number of carbonyl (C=O) groups is 1. The Labute approximate surface area is 172 Å². The highest BCUT2D eigenvalue weighted by Crippen LogP contribution is 2.22. The zero-order chi connectivity index (χ0) is 19.8. The van der Waals surface area contributed by atoms with Crippen LogP contribution in [-0.4, -0.2) is 5.97 Å². The van der Waals surface area contributed by atoms with Gasteiger partial charge in [0.05, 0.1) is 5.56 Å². The van der Waals surface area contributed by atoms with E-state index in [9.17, 15) is 4.79 Å². The van der Waals surface area contributed by atoms with Crippen molar-refractivity contribution in [2.75, 3.05) is 0 Å². The van der Waals surface area contributed by atoms with E-state index < -0.39 is 0 Å². The lowest BCUT2D eigenvalue weighted by Crippen LogP contribution is -2.08. The molecule has 144 valence electrons. The van der Waals surface area contributed by atoms with Crippen molar-refractivity contribution < 1.29 is 9.53 Å². The van der Waals surface area contributed by atoms with E-state index in [-0.39, 0.29) is 5.97 Å². The van der Waals surface area contributed by atoms with E-state index in [0.717, 1.165) is 17.5 Å². The highest BCUT2D eigenvalue weighted by atomic mass is 35.5. The summed E-state index contributed by atoms with van der Waals surface area (Å²) < 4.78 is 5.37. The molecule has 0 aliphatic rings. The minimum absolute atomic E-state index is 0.378. The van der Waals surface area contributed by atoms with Gasteiger partial charge in [-0.3, -0.25) is 0 Å². The molecule has 0 unspecified atom stereocenters. The first kappa shape index (κ1) is 20.2. The number of rotatable bonds is 8. The van der Waals surface area contributed by atoms with Crippen LogP contribution in [0.4, 0.5) is 0 Å². The number of carbonyl (C=O) groups excluding carboxylic acids is 1. The lowest BCUT2D eigenvalue weighted by molar-refractivity contribution is 0.0735. The maximum absolute atomic E-state index is 12.3. The molecule has 3 heteroatoms. The molecule has 3 aromatic carbocycles. The minimum Gasteiger partial charge on any atom is -0.423 e. The van der Waals surface area contributed by atoms with Crippen LogP contribution < -0.4 is 4.74 Å². The Morgan fingerprint density at radius 3 is 2.00 bits per heavy atom. The molecule has 0 fully saturated rings. The summed E-state index contributed by atoms with van der Waals surface area (Å²) in [6, 6.07) is 22.9. The van der Waals surface area contributed by atoms with Crippen LogP contribution >= 0.6 is 11.6 Å². The number of unbranched alkanes of at least 4 members (excludes halogenated alkanes) is 3. The predicted molar refractivity (Wildman–Crippen MR) is 116 cm³/mol. The zero-order valence-electron chi connectivity index (χ0n) is 16.2. The van der Waals surface area contributed by atoms with Crippen molar-refractivity contribution >= 4 is 17.6 Å². The molecule has 0 radical (unpaired) electrons. The Morgan fingerprint density at radius 1 is 0.786 bits per heavy atom. The van der Waals surface area contributed by atoms with Gasteiger partial charge in [-0.1, -0.05) is 74.2 Å². The highest BCUT2D eigenvalue weighted by molar-refractivity contribution is 6.30. The van der Waals surface area contributed by atoms with Gasteiger partial charge < -0.3 is 4.74 Å². The van der Waals surface area contributed by atoms with Gasteiger partial charge in [-0.25, -0.2) is 4.79 Å². The fourth-order valence-corrected chi connectivity index (χ4v) is 3.21. The van der Waals surface area contributed by atoms with Gasteiger partial charge in [-0.15, -0.1) is 0 Å². The van der Waals surface area contributed by atoms with E-state index in [2.05, 4.69) is 31.2 Å². The quantitative estimate of drug-likeness (QED) is 0.227. The largest absolute Gasteiger partial charge is 0.423 e. The van der Waals surface area contributed by atoms with Gasteiger partial charge in [0.25, 0.3) is 0 Å². The molecule has 0 saturated heterocycles. The standard InChI is InChI=1S/C25H25ClO2/c1-2-3-4-5-6-19-7-9-20(10-8-19)21-11-13-22(14-12-21)25(27)28-24-17-15-23(26)16-18-24/h7-18H,2-6H2,1H3. The lowest BCUT2D eigenvalue weighted by Gasteiger charge is -2.07. The molecular weight excluding hydrogens is 368 g/mol. The number of hydrogen-bond donors (Lipinski definition) is 0. The minimum atomic E-state index is -0.378. The third kappa shape index (κ3) is 5.71. The Hall–Kier alpha value is -2.58. The summed E-state index contributed by atoms with van der Waals surface area (Å²) in [5.41, 5.74) is 4.13. The molecule has 0 spiro atoms. The van der Waals surface area contributed by atoms with E-state index in [1.165, 1.54) is 31.2 Å². The Bertz CT molecular complexity index is 881. The molecule has 0 heterocycles. The van der Waals surface area contributed by atoms with Crippen molar-refractivity contribution in [2.45, 2.75) is 39.0 Å². The summed E-state index contributed by atoms with van der Waals surface area (Å²) in [6.45, 7) is 2.23. The smallest absolute Gasteiger partial charge is 0.343 e. The van der Waals surface area contributed by atoms with Crippen molar-refractivity contribution in [3.8, 4) is 16.9 Å². The monoisotopic (exact) mass is 392 g/mol. The summed E-state index contributed by atoms with van der Waals surface area (Å²) in [5, 5.41) is 0.608. The van der Waals surface area contributed by atoms with Crippen LogP contribution in [0.2, 0.25) is 5.02 Å². The van der Waals surface area contributed by atoms with Crippen LogP contribution in [0.25, 0.3) is 11.1 Å². The molecule has 3 rings (SSSR count). The summed E-state index contributed by atoms with van der Waals surface area (Å²) in [7, 11) is 0. The van der Waals surface area contributed by atoms with E-state index in [4.69, 9.17) is 16.3 Å². The summed E-state index contributed by atoms with van der Waals surface area (Å²) in [6.07, 6.45) is 6.26. The average Bonchev–Trinajstić information content (AvgIpc) is 2.73. The van der Waals surface area contributed by atoms with Crippen molar-refractivity contribution in [2.24, 2.45) is 0 Å². The van der Waals surface area contributed by atoms with Crippen LogP contribution in [0.5, 0.6) is 5.75 Å². The maximum atomic E-state index is 12.3. The molecule has 0 atom stereocenters. The van der Waals surface area contributed by atoms with Crippen molar-refractivity contribution in [1.82, 2.24) is 0 Å². The fourth-order valence-electron chi connectivity index (χ4n) is 3.09. The van der Waals surface area contributed by atoms with E-state index in [0.29, 0.717) is 16.3 Å². The molecule has 0 bridgehead atoms. The zero-order valence-corrected chi connectivity index (χ0v) is 16.9. The van der Waals surface area contributed by atoms with E-state index in [1.807, 2.05) is 12.1 Å². The van der Waals surface area contributed by atoms with Gasteiger partial charge >= 0.3 is 5.97 Å². The van der Waals surface area contributed by atoms with Crippen LogP contribution in [0.1, 0.15) is 48.5 Å². The van der Waals surface area contributed by atoms with Gasteiger partial charge in [0.15, 0.2) is 0 Å². The first-order chi connectivity index (χ1) is 13.7. The molecule has 0 aliphatic heterocycles. The Kier molecular flexibility index (Phi) is 7.27. The van der Waals surface area contributed by atoms with Gasteiger partial charge in [0.1, 0.15) is 5.75 Å². The number of ether oxygens (including phenoxy) is 1. The van der Waals surface area contributed by atoms with Crippen LogP contribution in [0, 0.1) is 0 Å². The molecule has 0 amide bonds. The maximum Gasteiger partial charge on any atom is 0.343 e. The summed E-state index contributed by atoms with van der Waals surface area (Å²) >= 11 is 5.85. The van der Waals surface area contributed by atoms with Crippen molar-refractivity contribution in [3.63, 3.8) is 0 Å². The van der Waals surface area contributed by atoms with Crippen LogP contribution in [0.15, 0.2) is 72.8 Å². The predicted octanol–water partition coefficient (Wildman–Crippen LogP) is 7.35. The van der Waals surface area contributed by atoms with E-state index >= 15 is 0 Å². The van der Waals surface area contributed by atoms with Crippen LogP contribution in [-0.2, 0) is 6.42 Å². The van der Waals surface area contributed by atoms with Gasteiger partial charge in [-0.2, -0.15) is 0 Å². The first-order valence-corrected chi connectivity index (χ1v) is 10.2. The molecule has 3 aromatic rings. The number of esters is 1. The molecule has 0 aliphatic carbocycles.